The molecule has 2 nitrogen and oxygen atoms in total. The van der Waals surface area contributed by atoms with Gasteiger partial charge in [-0.05, 0) is 37.5 Å². The number of carboxylic acid groups (broad SMARTS) is 1. The fraction of sp³-hybridized carbons (Fsp3) is 0.417. The van der Waals surface area contributed by atoms with Crippen LogP contribution in [0.2, 0.25) is 5.02 Å². The van der Waals surface area contributed by atoms with Crippen molar-refractivity contribution in [1.82, 2.24) is 0 Å². The minimum atomic E-state index is -1.06. The predicted molar refractivity (Wildman–Crippen MR) is 59.3 cm³/mol. The Labute approximate surface area is 98.0 Å². The Hall–Kier alpha value is -1.09. The lowest BCUT2D eigenvalue weighted by atomic mass is 9.64. The molecule has 0 spiro atoms. The molecular weight excluding hydrogens is 231 g/mol. The molecule has 1 N–H and O–H groups in total. The summed E-state index contributed by atoms with van der Waals surface area (Å²) in [5.41, 5.74) is -0.425. The molecular formula is C12H12ClFO2. The molecule has 0 radical (unpaired) electrons. The van der Waals surface area contributed by atoms with Crippen LogP contribution in [-0.4, -0.2) is 11.1 Å². The molecule has 1 fully saturated rings. The first-order chi connectivity index (χ1) is 7.47. The summed E-state index contributed by atoms with van der Waals surface area (Å²) in [6.45, 7) is 1.60. The highest BCUT2D eigenvalue weighted by atomic mass is 35.5. The van der Waals surface area contributed by atoms with Crippen molar-refractivity contribution >= 4 is 17.6 Å². The predicted octanol–water partition coefficient (Wildman–Crippen LogP) is 3.29. The Bertz CT molecular complexity index is 453. The van der Waals surface area contributed by atoms with Crippen LogP contribution in [0.5, 0.6) is 0 Å². The zero-order chi connectivity index (χ0) is 11.9. The van der Waals surface area contributed by atoms with Crippen molar-refractivity contribution in [3.8, 4) is 0 Å². The van der Waals surface area contributed by atoms with E-state index in [0.29, 0.717) is 23.4 Å². The topological polar surface area (TPSA) is 37.3 Å². The van der Waals surface area contributed by atoms with Crippen LogP contribution >= 0.6 is 11.6 Å². The van der Waals surface area contributed by atoms with Crippen molar-refractivity contribution in [2.75, 3.05) is 0 Å². The summed E-state index contributed by atoms with van der Waals surface area (Å²) < 4.78 is 13.9. The number of carboxylic acids is 1. The number of hydrogen-bond acceptors (Lipinski definition) is 1. The van der Waals surface area contributed by atoms with E-state index in [0.717, 1.165) is 6.42 Å². The van der Waals surface area contributed by atoms with Crippen molar-refractivity contribution < 1.29 is 14.3 Å². The molecule has 2 rings (SSSR count). The van der Waals surface area contributed by atoms with E-state index in [4.69, 9.17) is 11.6 Å². The molecule has 0 unspecified atom stereocenters. The zero-order valence-electron chi connectivity index (χ0n) is 8.89. The maximum absolute atomic E-state index is 13.9. The summed E-state index contributed by atoms with van der Waals surface area (Å²) in [5.74, 6) is -1.40. The second-order valence-corrected chi connectivity index (χ2v) is 4.76. The molecule has 1 saturated carbocycles. The Morgan fingerprint density at radius 1 is 1.50 bits per heavy atom. The molecule has 0 aromatic heterocycles. The van der Waals surface area contributed by atoms with Crippen molar-refractivity contribution in [3.05, 3.63) is 34.1 Å². The lowest BCUT2D eigenvalue weighted by molar-refractivity contribution is -0.147. The molecule has 0 saturated heterocycles. The molecule has 1 aromatic carbocycles. The molecule has 86 valence electrons. The van der Waals surface area contributed by atoms with Gasteiger partial charge in [-0.2, -0.15) is 0 Å². The fourth-order valence-electron chi connectivity index (χ4n) is 2.20. The molecule has 1 aliphatic rings. The van der Waals surface area contributed by atoms with E-state index in [1.165, 1.54) is 12.1 Å². The number of halogens is 2. The third-order valence-corrected chi connectivity index (χ3v) is 3.57. The summed E-state index contributed by atoms with van der Waals surface area (Å²) in [5, 5.41) is 9.62. The van der Waals surface area contributed by atoms with Crippen LogP contribution in [0.1, 0.15) is 30.4 Å². The van der Waals surface area contributed by atoms with Crippen LogP contribution in [0, 0.1) is 12.7 Å². The quantitative estimate of drug-likeness (QED) is 0.864. The second kappa shape index (κ2) is 3.74. The van der Waals surface area contributed by atoms with Gasteiger partial charge in [-0.1, -0.05) is 18.0 Å². The Morgan fingerprint density at radius 3 is 2.56 bits per heavy atom. The van der Waals surface area contributed by atoms with E-state index >= 15 is 0 Å². The first-order valence-corrected chi connectivity index (χ1v) is 5.55. The van der Waals surface area contributed by atoms with Crippen molar-refractivity contribution in [2.24, 2.45) is 0 Å². The number of aliphatic carboxylic acids is 1. The molecule has 0 amide bonds. The molecule has 1 aliphatic carbocycles. The van der Waals surface area contributed by atoms with Gasteiger partial charge in [-0.25, -0.2) is 4.39 Å². The molecule has 4 heteroatoms. The highest BCUT2D eigenvalue weighted by molar-refractivity contribution is 6.30. The van der Waals surface area contributed by atoms with Crippen molar-refractivity contribution in [2.45, 2.75) is 31.6 Å². The number of aryl methyl sites for hydroxylation is 1. The summed E-state index contributed by atoms with van der Waals surface area (Å²) in [4.78, 5) is 11.3. The number of carbonyl (C=O) groups is 1. The van der Waals surface area contributed by atoms with Gasteiger partial charge in [0.1, 0.15) is 5.82 Å². The van der Waals surface area contributed by atoms with E-state index in [-0.39, 0.29) is 5.56 Å². The van der Waals surface area contributed by atoms with Crippen LogP contribution in [0.25, 0.3) is 0 Å². The highest BCUT2D eigenvalue weighted by Crippen LogP contribution is 2.46. The molecule has 0 heterocycles. The van der Waals surface area contributed by atoms with Crippen LogP contribution < -0.4 is 0 Å². The van der Waals surface area contributed by atoms with Crippen molar-refractivity contribution in [1.29, 1.82) is 0 Å². The first kappa shape index (κ1) is 11.4. The summed E-state index contributed by atoms with van der Waals surface area (Å²) in [6, 6.07) is 2.95. The number of benzene rings is 1. The maximum Gasteiger partial charge on any atom is 0.314 e. The van der Waals surface area contributed by atoms with Gasteiger partial charge in [0.25, 0.3) is 0 Å². The first-order valence-electron chi connectivity index (χ1n) is 5.17. The van der Waals surface area contributed by atoms with Gasteiger partial charge in [0.15, 0.2) is 0 Å². The molecule has 1 aromatic rings. The monoisotopic (exact) mass is 242 g/mol. The van der Waals surface area contributed by atoms with Gasteiger partial charge in [0.2, 0.25) is 0 Å². The van der Waals surface area contributed by atoms with E-state index in [9.17, 15) is 14.3 Å². The smallest absolute Gasteiger partial charge is 0.314 e. The fourth-order valence-corrected chi connectivity index (χ4v) is 2.48. The van der Waals surface area contributed by atoms with Crippen LogP contribution in [-0.2, 0) is 10.2 Å². The van der Waals surface area contributed by atoms with E-state index in [2.05, 4.69) is 0 Å². The minimum absolute atomic E-state index is 0.233. The van der Waals surface area contributed by atoms with Crippen LogP contribution in [0.3, 0.4) is 0 Å². The summed E-state index contributed by atoms with van der Waals surface area (Å²) >= 11 is 5.85. The Kier molecular flexibility index (Phi) is 2.66. The van der Waals surface area contributed by atoms with E-state index in [1.807, 2.05) is 0 Å². The molecule has 0 atom stereocenters. The van der Waals surface area contributed by atoms with Gasteiger partial charge in [0.05, 0.1) is 5.41 Å². The third-order valence-electron chi connectivity index (χ3n) is 3.35. The highest BCUT2D eigenvalue weighted by Gasteiger charge is 2.47. The van der Waals surface area contributed by atoms with Crippen LogP contribution in [0.15, 0.2) is 12.1 Å². The maximum atomic E-state index is 13.9. The van der Waals surface area contributed by atoms with Gasteiger partial charge in [0, 0.05) is 10.6 Å². The summed E-state index contributed by atoms with van der Waals surface area (Å²) in [6.07, 6.45) is 1.79. The number of rotatable bonds is 2. The Morgan fingerprint density at radius 2 is 2.12 bits per heavy atom. The zero-order valence-corrected chi connectivity index (χ0v) is 9.64. The van der Waals surface area contributed by atoms with Gasteiger partial charge in [-0.3, -0.25) is 4.79 Å². The largest absolute Gasteiger partial charge is 0.481 e. The van der Waals surface area contributed by atoms with Gasteiger partial charge < -0.3 is 5.11 Å². The minimum Gasteiger partial charge on any atom is -0.481 e. The second-order valence-electron chi connectivity index (χ2n) is 4.33. The molecule has 0 aliphatic heterocycles. The summed E-state index contributed by atoms with van der Waals surface area (Å²) in [7, 11) is 0. The number of hydrogen-bond donors (Lipinski definition) is 1. The molecule has 0 bridgehead atoms. The van der Waals surface area contributed by atoms with Gasteiger partial charge >= 0.3 is 5.97 Å². The van der Waals surface area contributed by atoms with E-state index < -0.39 is 17.2 Å². The lowest BCUT2D eigenvalue weighted by Crippen LogP contribution is -2.43. The van der Waals surface area contributed by atoms with Crippen LogP contribution in [0.4, 0.5) is 4.39 Å². The van der Waals surface area contributed by atoms with E-state index in [1.54, 1.807) is 6.92 Å². The average Bonchev–Trinajstić information content (AvgIpc) is 2.10. The normalized spacial score (nSPS) is 17.9. The Balaban J connectivity index is 2.59. The molecule has 16 heavy (non-hydrogen) atoms. The average molecular weight is 243 g/mol. The SMILES string of the molecule is Cc1cc(Cl)cc(C2(C(=O)O)CCC2)c1F. The van der Waals surface area contributed by atoms with Gasteiger partial charge in [-0.15, -0.1) is 0 Å². The van der Waals surface area contributed by atoms with Crippen molar-refractivity contribution in [3.63, 3.8) is 0 Å². The standard InChI is InChI=1S/C12H12ClFO2/c1-7-5-8(13)6-9(10(7)14)12(11(15)16)3-2-4-12/h5-6H,2-4H2,1H3,(H,15,16). The lowest BCUT2D eigenvalue weighted by Gasteiger charge is -2.38. The third kappa shape index (κ3) is 1.50.